The van der Waals surface area contributed by atoms with E-state index in [9.17, 15) is 29.2 Å². The van der Waals surface area contributed by atoms with Crippen LogP contribution in [-0.4, -0.2) is 82.1 Å². The molecule has 1 unspecified atom stereocenters. The molecule has 2 saturated heterocycles. The lowest BCUT2D eigenvalue weighted by Crippen LogP contribution is -2.72. The van der Waals surface area contributed by atoms with Gasteiger partial charge in [-0.2, -0.15) is 5.26 Å². The second kappa shape index (κ2) is 14.0. The molecular weight excluding hydrogens is 732 g/mol. The Bertz CT molecular complexity index is 2140. The van der Waals surface area contributed by atoms with E-state index in [1.807, 2.05) is 29.2 Å². The molecule has 1 atom stereocenters. The normalized spacial score (nSPS) is 24.2. The maximum atomic E-state index is 13.6. The lowest BCUT2D eigenvalue weighted by Gasteiger charge is -2.63. The van der Waals surface area contributed by atoms with Gasteiger partial charge in [0.25, 0.3) is 17.7 Å². The fourth-order valence-corrected chi connectivity index (χ4v) is 10.1. The summed E-state index contributed by atoms with van der Waals surface area (Å²) in [6.45, 7) is 12.2. The molecule has 4 aliphatic heterocycles. The molecule has 0 bridgehead atoms. The molecular formula is C43H45ClN6O6. The van der Waals surface area contributed by atoms with Gasteiger partial charge in [0.05, 0.1) is 21.7 Å². The molecule has 0 spiro atoms. The van der Waals surface area contributed by atoms with Gasteiger partial charge in [-0.1, -0.05) is 39.3 Å². The summed E-state index contributed by atoms with van der Waals surface area (Å²) in [6.07, 6.45) is 1.89. The van der Waals surface area contributed by atoms with E-state index in [1.165, 1.54) is 0 Å². The number of anilines is 1. The van der Waals surface area contributed by atoms with Crippen LogP contribution < -0.4 is 15.4 Å². The predicted molar refractivity (Wildman–Crippen MR) is 208 cm³/mol. The van der Waals surface area contributed by atoms with Crippen molar-refractivity contribution in [2.75, 3.05) is 25.0 Å². The van der Waals surface area contributed by atoms with E-state index in [2.05, 4.69) is 49.3 Å². The first-order chi connectivity index (χ1) is 26.6. The number of fused-ring (bicyclic) bond motifs is 2. The summed E-state index contributed by atoms with van der Waals surface area (Å²) in [7, 11) is 0. The zero-order chi connectivity index (χ0) is 39.7. The Morgan fingerprint density at radius 2 is 1.54 bits per heavy atom. The molecule has 56 heavy (non-hydrogen) atoms. The summed E-state index contributed by atoms with van der Waals surface area (Å²) in [5, 5.41) is 15.5. The molecule has 4 heterocycles. The third-order valence-electron chi connectivity index (χ3n) is 12.6. The Morgan fingerprint density at radius 1 is 0.911 bits per heavy atom. The van der Waals surface area contributed by atoms with Crippen LogP contribution in [0.1, 0.15) is 101 Å². The van der Waals surface area contributed by atoms with E-state index in [0.717, 1.165) is 41.1 Å². The number of hydrogen-bond donors (Lipinski definition) is 2. The van der Waals surface area contributed by atoms with Crippen molar-refractivity contribution >= 4 is 46.8 Å². The fraction of sp³-hybridized carbons (Fsp3) is 0.442. The maximum absolute atomic E-state index is 13.6. The van der Waals surface area contributed by atoms with Crippen molar-refractivity contribution in [2.45, 2.75) is 84.7 Å². The van der Waals surface area contributed by atoms with Crippen molar-refractivity contribution in [3.05, 3.63) is 93.0 Å². The molecule has 13 heteroatoms. The Hall–Kier alpha value is -5.25. The predicted octanol–water partition coefficient (Wildman–Crippen LogP) is 5.77. The van der Waals surface area contributed by atoms with Crippen LogP contribution in [0.4, 0.5) is 5.69 Å². The highest BCUT2D eigenvalue weighted by Crippen LogP contribution is 2.56. The van der Waals surface area contributed by atoms with Crippen LogP contribution in [0, 0.1) is 28.1 Å². The molecule has 3 aromatic carbocycles. The van der Waals surface area contributed by atoms with Crippen molar-refractivity contribution in [1.29, 1.82) is 5.26 Å². The number of imide groups is 2. The Balaban J connectivity index is 0.821. The molecule has 3 fully saturated rings. The minimum Gasteiger partial charge on any atom is -0.489 e. The molecule has 1 saturated carbocycles. The molecule has 5 amide bonds. The number of likely N-dealkylation sites (tertiary alicyclic amines) is 1. The Labute approximate surface area is 331 Å². The number of carbonyl (C=O) groups is 5. The van der Waals surface area contributed by atoms with Gasteiger partial charge in [-0.05, 0) is 84.8 Å². The van der Waals surface area contributed by atoms with Gasteiger partial charge in [-0.15, -0.1) is 0 Å². The van der Waals surface area contributed by atoms with Crippen LogP contribution >= 0.6 is 11.6 Å². The number of rotatable bonds is 8. The van der Waals surface area contributed by atoms with Crippen molar-refractivity contribution in [3.8, 4) is 11.8 Å². The maximum Gasteiger partial charge on any atom is 0.262 e. The van der Waals surface area contributed by atoms with E-state index in [-0.39, 0.29) is 41.7 Å². The van der Waals surface area contributed by atoms with Crippen LogP contribution in [-0.2, 0) is 22.7 Å². The third-order valence-corrected chi connectivity index (χ3v) is 12.9. The third kappa shape index (κ3) is 6.50. The highest BCUT2D eigenvalue weighted by Gasteiger charge is 2.63. The molecule has 1 aliphatic carbocycles. The van der Waals surface area contributed by atoms with Crippen molar-refractivity contribution in [1.82, 2.24) is 20.0 Å². The molecule has 5 aliphatic rings. The summed E-state index contributed by atoms with van der Waals surface area (Å²) < 4.78 is 6.43. The van der Waals surface area contributed by atoms with Gasteiger partial charge in [0.2, 0.25) is 11.8 Å². The number of carbonyl (C=O) groups excluding carboxylic acids is 5. The van der Waals surface area contributed by atoms with E-state index >= 15 is 0 Å². The van der Waals surface area contributed by atoms with Gasteiger partial charge in [0, 0.05) is 73.3 Å². The minimum atomic E-state index is -0.975. The number of ether oxygens (including phenoxy) is 1. The number of nitrogens with one attached hydrogen (secondary N) is 2. The summed E-state index contributed by atoms with van der Waals surface area (Å²) in [5.74, 6) is -0.904. The van der Waals surface area contributed by atoms with Crippen LogP contribution in [0.3, 0.4) is 0 Å². The van der Waals surface area contributed by atoms with Crippen LogP contribution in [0.2, 0.25) is 5.02 Å². The van der Waals surface area contributed by atoms with Gasteiger partial charge in [0.15, 0.2) is 0 Å². The lowest BCUT2D eigenvalue weighted by molar-refractivity contribution is -0.147. The quantitative estimate of drug-likeness (QED) is 0.272. The summed E-state index contributed by atoms with van der Waals surface area (Å²) in [6, 6.07) is 17.7. The highest BCUT2D eigenvalue weighted by molar-refractivity contribution is 6.31. The standard InChI is InChI=1S/C43H45ClN6O6/c1-42(2)40(43(3,4)41(42)56-30-10-7-26(20-45)33(44)19-30)46-29-8-5-25(6-9-29)37(53)49-15-13-24(14-16-49)21-48-22-27-17-31-32(18-28(27)23-48)39(55)50(38(31)54)34-11-12-35(51)47-36(34)52/h5-10,17-19,24,34,40-41,46H,11-16,21-23H2,1-4H3,(H,47,51,52)/t34?,40-,41-. The van der Waals surface area contributed by atoms with Crippen LogP contribution in [0.25, 0.3) is 0 Å². The minimum absolute atomic E-state index is 0.0256. The molecule has 0 aromatic heterocycles. The first-order valence-electron chi connectivity index (χ1n) is 19.3. The molecule has 12 nitrogen and oxygen atoms in total. The molecule has 8 rings (SSSR count). The average Bonchev–Trinajstić information content (AvgIpc) is 3.67. The van der Waals surface area contributed by atoms with Crippen molar-refractivity contribution in [3.63, 3.8) is 0 Å². The van der Waals surface area contributed by atoms with E-state index in [0.29, 0.717) is 65.1 Å². The fourth-order valence-electron chi connectivity index (χ4n) is 9.91. The van der Waals surface area contributed by atoms with Crippen LogP contribution in [0.5, 0.6) is 5.75 Å². The smallest absolute Gasteiger partial charge is 0.262 e. The number of halogens is 1. The summed E-state index contributed by atoms with van der Waals surface area (Å²) in [4.78, 5) is 69.5. The second-order valence-corrected chi connectivity index (χ2v) is 17.5. The van der Waals surface area contributed by atoms with E-state index in [4.69, 9.17) is 16.3 Å². The first-order valence-corrected chi connectivity index (χ1v) is 19.7. The number of benzene rings is 3. The summed E-state index contributed by atoms with van der Waals surface area (Å²) in [5.41, 5.74) is 4.20. The van der Waals surface area contributed by atoms with Gasteiger partial charge >= 0.3 is 0 Å². The Morgan fingerprint density at radius 3 is 2.11 bits per heavy atom. The van der Waals surface area contributed by atoms with Crippen LogP contribution in [0.15, 0.2) is 54.6 Å². The van der Waals surface area contributed by atoms with Gasteiger partial charge in [-0.25, -0.2) is 0 Å². The van der Waals surface area contributed by atoms with E-state index < -0.39 is 29.7 Å². The summed E-state index contributed by atoms with van der Waals surface area (Å²) >= 11 is 6.26. The SMILES string of the molecule is CC1(C)[C@H](Nc2ccc(C(=O)N3CCC(CN4Cc5cc6c(cc5C4)C(=O)N(C4CCC(=O)NC4=O)C6=O)CC3)cc2)C(C)(C)[C@H]1Oc1ccc(C#N)c(Cl)c1. The van der Waals surface area contributed by atoms with Crippen molar-refractivity contribution in [2.24, 2.45) is 16.7 Å². The highest BCUT2D eigenvalue weighted by atomic mass is 35.5. The number of amides is 5. The first kappa shape index (κ1) is 37.7. The molecule has 0 radical (unpaired) electrons. The molecule has 290 valence electrons. The zero-order valence-electron chi connectivity index (χ0n) is 32.0. The largest absolute Gasteiger partial charge is 0.489 e. The average molecular weight is 777 g/mol. The van der Waals surface area contributed by atoms with Gasteiger partial charge in [-0.3, -0.25) is 39.1 Å². The van der Waals surface area contributed by atoms with Gasteiger partial charge < -0.3 is 15.0 Å². The topological polar surface area (TPSA) is 152 Å². The number of hydrogen-bond acceptors (Lipinski definition) is 9. The number of nitrogens with zero attached hydrogens (tertiary/aromatic N) is 4. The molecule has 2 N–H and O–H groups in total. The van der Waals surface area contributed by atoms with Gasteiger partial charge in [0.1, 0.15) is 24.0 Å². The lowest BCUT2D eigenvalue weighted by atomic mass is 9.49. The van der Waals surface area contributed by atoms with E-state index in [1.54, 1.807) is 30.3 Å². The monoisotopic (exact) mass is 776 g/mol. The van der Waals surface area contributed by atoms with Crippen molar-refractivity contribution < 1.29 is 28.7 Å². The Kier molecular flexibility index (Phi) is 9.45. The molecule has 3 aromatic rings. The number of piperidine rings is 2. The number of nitriles is 1. The second-order valence-electron chi connectivity index (χ2n) is 17.1. The zero-order valence-corrected chi connectivity index (χ0v) is 32.7.